The average Bonchev–Trinajstić information content (AvgIpc) is 2.84. The number of halogens is 2. The van der Waals surface area contributed by atoms with E-state index in [0.717, 1.165) is 12.8 Å². The lowest BCUT2D eigenvalue weighted by Gasteiger charge is -2.24. The number of rotatable bonds is 5. The van der Waals surface area contributed by atoms with Crippen molar-refractivity contribution in [2.75, 3.05) is 18.5 Å². The third-order valence-electron chi connectivity index (χ3n) is 3.38. The highest BCUT2D eigenvalue weighted by Crippen LogP contribution is 2.29. The van der Waals surface area contributed by atoms with Gasteiger partial charge in [0.15, 0.2) is 0 Å². The lowest BCUT2D eigenvalue weighted by molar-refractivity contribution is 0.0315. The van der Waals surface area contributed by atoms with E-state index in [9.17, 15) is 17.2 Å². The van der Waals surface area contributed by atoms with Gasteiger partial charge in [0.05, 0.1) is 16.2 Å². The first kappa shape index (κ1) is 15.2. The number of hydrogen-bond acceptors (Lipinski definition) is 4. The van der Waals surface area contributed by atoms with Crippen molar-refractivity contribution in [3.63, 3.8) is 0 Å². The van der Waals surface area contributed by atoms with Crippen molar-refractivity contribution >= 4 is 15.5 Å². The lowest BCUT2D eigenvalue weighted by atomic mass is 10.0. The summed E-state index contributed by atoms with van der Waals surface area (Å²) in [4.78, 5) is -0.378. The van der Waals surface area contributed by atoms with Crippen LogP contribution in [0.25, 0.3) is 0 Å². The maximum Gasteiger partial charge on any atom is 0.341 e. The van der Waals surface area contributed by atoms with E-state index in [1.165, 1.54) is 18.2 Å². The van der Waals surface area contributed by atoms with E-state index < -0.39 is 15.6 Å². The van der Waals surface area contributed by atoms with E-state index in [-0.39, 0.29) is 16.2 Å². The smallest absolute Gasteiger partial charge is 0.341 e. The Morgan fingerprint density at radius 3 is 2.70 bits per heavy atom. The second-order valence-corrected chi connectivity index (χ2v) is 6.94. The molecule has 0 aromatic heterocycles. The van der Waals surface area contributed by atoms with Crippen molar-refractivity contribution in [1.29, 1.82) is 0 Å². The van der Waals surface area contributed by atoms with Crippen molar-refractivity contribution in [3.8, 4) is 0 Å². The normalized spacial score (nSPS) is 23.2. The minimum Gasteiger partial charge on any atom is -0.381 e. The zero-order chi connectivity index (χ0) is 14.8. The van der Waals surface area contributed by atoms with Crippen molar-refractivity contribution in [2.45, 2.75) is 36.0 Å². The Kier molecular flexibility index (Phi) is 4.29. The third-order valence-corrected chi connectivity index (χ3v) is 4.82. The van der Waals surface area contributed by atoms with Gasteiger partial charge in [-0.1, -0.05) is 12.1 Å². The van der Waals surface area contributed by atoms with Crippen molar-refractivity contribution in [2.24, 2.45) is 0 Å². The molecule has 1 aliphatic rings. The molecule has 7 heteroatoms. The summed E-state index contributed by atoms with van der Waals surface area (Å²) in [5, 5.41) is 2.92. The molecular weight excluding hydrogens is 288 g/mol. The summed E-state index contributed by atoms with van der Waals surface area (Å²) < 4.78 is 54.1. The first-order valence-electron chi connectivity index (χ1n) is 6.34. The predicted molar refractivity (Wildman–Crippen MR) is 71.7 cm³/mol. The lowest BCUT2D eigenvalue weighted by Crippen LogP contribution is -2.33. The van der Waals surface area contributed by atoms with Gasteiger partial charge in [0.1, 0.15) is 0 Å². The van der Waals surface area contributed by atoms with E-state index in [1.54, 1.807) is 6.07 Å². The first-order valence-corrected chi connectivity index (χ1v) is 7.89. The first-order chi connectivity index (χ1) is 9.35. The van der Waals surface area contributed by atoms with E-state index in [1.807, 2.05) is 6.92 Å². The van der Waals surface area contributed by atoms with Crippen LogP contribution >= 0.6 is 0 Å². The van der Waals surface area contributed by atoms with E-state index >= 15 is 0 Å². The molecule has 112 valence electrons. The zero-order valence-electron chi connectivity index (χ0n) is 11.1. The van der Waals surface area contributed by atoms with Gasteiger partial charge < -0.3 is 10.1 Å². The van der Waals surface area contributed by atoms with Gasteiger partial charge >= 0.3 is 5.76 Å². The molecule has 0 aliphatic carbocycles. The van der Waals surface area contributed by atoms with Crippen LogP contribution in [-0.2, 0) is 14.6 Å². The second kappa shape index (κ2) is 5.65. The molecule has 2 rings (SSSR count). The van der Waals surface area contributed by atoms with Gasteiger partial charge in [0, 0.05) is 13.2 Å². The molecule has 0 spiro atoms. The fourth-order valence-corrected chi connectivity index (χ4v) is 3.12. The number of hydrogen-bond donors (Lipinski definition) is 1. The molecule has 1 aliphatic heterocycles. The van der Waals surface area contributed by atoms with Gasteiger partial charge in [0.25, 0.3) is 0 Å². The molecule has 1 N–H and O–H groups in total. The Morgan fingerprint density at radius 2 is 2.10 bits per heavy atom. The number of nitrogens with one attached hydrogen (secondary N) is 1. The van der Waals surface area contributed by atoms with Crippen LogP contribution in [0.1, 0.15) is 19.8 Å². The topological polar surface area (TPSA) is 55.4 Å². The van der Waals surface area contributed by atoms with Crippen LogP contribution in [0, 0.1) is 0 Å². The molecule has 1 heterocycles. The van der Waals surface area contributed by atoms with Crippen molar-refractivity contribution in [3.05, 3.63) is 24.3 Å². The predicted octanol–water partition coefficient (Wildman–Crippen LogP) is 2.66. The Labute approximate surface area is 117 Å². The van der Waals surface area contributed by atoms with Gasteiger partial charge in [-0.25, -0.2) is 8.42 Å². The number of para-hydroxylation sites is 1. The molecule has 1 unspecified atom stereocenters. The van der Waals surface area contributed by atoms with Gasteiger partial charge in [-0.15, -0.1) is 0 Å². The van der Waals surface area contributed by atoms with Crippen LogP contribution in [0.5, 0.6) is 0 Å². The quantitative estimate of drug-likeness (QED) is 0.908. The van der Waals surface area contributed by atoms with Crippen LogP contribution in [0.4, 0.5) is 14.5 Å². The molecule has 20 heavy (non-hydrogen) atoms. The molecule has 1 saturated heterocycles. The summed E-state index contributed by atoms with van der Waals surface area (Å²) in [6, 6.07) is 5.69. The second-order valence-electron chi connectivity index (χ2n) is 5.06. The third kappa shape index (κ3) is 3.09. The van der Waals surface area contributed by atoms with E-state index in [4.69, 9.17) is 4.74 Å². The standard InChI is InChI=1S/C13H17F2NO3S/c1-13(7-4-8-19-13)9-16-10-5-2-3-6-11(10)20(17,18)12(14)15/h2-3,5-6,12,16H,4,7-9H2,1H3. The van der Waals surface area contributed by atoms with Crippen LogP contribution in [-0.4, -0.2) is 32.9 Å². The molecule has 1 aromatic carbocycles. The minimum atomic E-state index is -4.61. The van der Waals surface area contributed by atoms with Gasteiger partial charge in [0.2, 0.25) is 9.84 Å². The number of benzene rings is 1. The number of anilines is 1. The number of ether oxygens (including phenoxy) is 1. The minimum absolute atomic E-state index is 0.185. The van der Waals surface area contributed by atoms with Crippen molar-refractivity contribution in [1.82, 2.24) is 0 Å². The largest absolute Gasteiger partial charge is 0.381 e. The summed E-state index contributed by atoms with van der Waals surface area (Å²) in [6.07, 6.45) is 1.79. The summed E-state index contributed by atoms with van der Waals surface area (Å²) in [7, 11) is -4.61. The Hall–Kier alpha value is -1.21. The van der Waals surface area contributed by atoms with Gasteiger partial charge in [-0.05, 0) is 31.9 Å². The Bertz CT molecular complexity index is 569. The molecule has 1 fully saturated rings. The highest BCUT2D eigenvalue weighted by atomic mass is 32.2. The number of sulfone groups is 1. The van der Waals surface area contributed by atoms with Crippen molar-refractivity contribution < 1.29 is 21.9 Å². The molecule has 0 radical (unpaired) electrons. The summed E-state index contributed by atoms with van der Waals surface area (Å²) in [5.74, 6) is -3.43. The fourth-order valence-electron chi connectivity index (χ4n) is 2.22. The van der Waals surface area contributed by atoms with Gasteiger partial charge in [-0.3, -0.25) is 0 Å². The summed E-state index contributed by atoms with van der Waals surface area (Å²) in [5.41, 5.74) is -0.202. The fraction of sp³-hybridized carbons (Fsp3) is 0.538. The van der Waals surface area contributed by atoms with E-state index in [0.29, 0.717) is 13.2 Å². The number of alkyl halides is 2. The maximum absolute atomic E-state index is 12.7. The molecule has 1 aromatic rings. The summed E-state index contributed by atoms with van der Waals surface area (Å²) >= 11 is 0. The van der Waals surface area contributed by atoms with Crippen LogP contribution < -0.4 is 5.32 Å². The van der Waals surface area contributed by atoms with Crippen LogP contribution in [0.2, 0.25) is 0 Å². The SMILES string of the molecule is CC1(CNc2ccccc2S(=O)(=O)C(F)F)CCCO1. The molecule has 1 atom stereocenters. The average molecular weight is 305 g/mol. The highest BCUT2D eigenvalue weighted by molar-refractivity contribution is 7.91. The van der Waals surface area contributed by atoms with Crippen LogP contribution in [0.15, 0.2) is 29.2 Å². The Balaban J connectivity index is 2.21. The van der Waals surface area contributed by atoms with Crippen LogP contribution in [0.3, 0.4) is 0 Å². The van der Waals surface area contributed by atoms with Gasteiger partial charge in [-0.2, -0.15) is 8.78 Å². The highest BCUT2D eigenvalue weighted by Gasteiger charge is 2.32. The molecule has 0 amide bonds. The summed E-state index contributed by atoms with van der Waals surface area (Å²) in [6.45, 7) is 2.95. The monoisotopic (exact) mass is 305 g/mol. The molecule has 0 bridgehead atoms. The van der Waals surface area contributed by atoms with E-state index in [2.05, 4.69) is 5.32 Å². The maximum atomic E-state index is 12.7. The molecule has 0 saturated carbocycles. The molecular formula is C13H17F2NO3S. The Morgan fingerprint density at radius 1 is 1.40 bits per heavy atom. The zero-order valence-corrected chi connectivity index (χ0v) is 11.9. The molecule has 4 nitrogen and oxygen atoms in total.